The number of carbonyl (C=O) groups excluding carboxylic acids is 1. The smallest absolute Gasteiger partial charge is 0.302 e. The van der Waals surface area contributed by atoms with E-state index in [0.29, 0.717) is 0 Å². The molecule has 0 saturated carbocycles. The van der Waals surface area contributed by atoms with Gasteiger partial charge in [0.2, 0.25) is 0 Å². The maximum absolute atomic E-state index is 10.9. The van der Waals surface area contributed by atoms with Crippen LogP contribution in [0.4, 0.5) is 0 Å². The zero-order valence-electron chi connectivity index (χ0n) is 10.7. The average Bonchev–Trinajstić information content (AvgIpc) is 2.30. The zero-order valence-corrected chi connectivity index (χ0v) is 11.5. The van der Waals surface area contributed by atoms with Gasteiger partial charge in [-0.05, 0) is 24.9 Å². The first-order chi connectivity index (χ1) is 8.24. The van der Waals surface area contributed by atoms with Gasteiger partial charge in [-0.2, -0.15) is 0 Å². The van der Waals surface area contributed by atoms with Crippen LogP contribution in [0.3, 0.4) is 0 Å². The van der Waals surface area contributed by atoms with Crippen molar-refractivity contribution in [1.29, 1.82) is 0 Å². The van der Waals surface area contributed by atoms with Crippen molar-refractivity contribution in [2.75, 3.05) is 13.1 Å². The lowest BCUT2D eigenvalue weighted by Gasteiger charge is -2.32. The van der Waals surface area contributed by atoms with Gasteiger partial charge in [0.15, 0.2) is 0 Å². The normalized spacial score (nSPS) is 19.9. The van der Waals surface area contributed by atoms with Gasteiger partial charge < -0.3 is 4.74 Å². The van der Waals surface area contributed by atoms with E-state index in [-0.39, 0.29) is 24.5 Å². The van der Waals surface area contributed by atoms with E-state index in [0.717, 1.165) is 32.5 Å². The van der Waals surface area contributed by atoms with Gasteiger partial charge >= 0.3 is 5.97 Å². The van der Waals surface area contributed by atoms with Crippen molar-refractivity contribution < 1.29 is 9.53 Å². The summed E-state index contributed by atoms with van der Waals surface area (Å²) in [5, 5.41) is 0. The SMILES string of the molecule is CC(=O)OC1CCCN(Cc2ccccc2)C1.Cl. The molecule has 0 spiro atoms. The summed E-state index contributed by atoms with van der Waals surface area (Å²) in [4.78, 5) is 13.3. The van der Waals surface area contributed by atoms with Crippen LogP contribution in [0.15, 0.2) is 30.3 Å². The van der Waals surface area contributed by atoms with E-state index in [1.807, 2.05) is 6.07 Å². The van der Waals surface area contributed by atoms with Gasteiger partial charge in [-0.25, -0.2) is 0 Å². The average molecular weight is 270 g/mol. The van der Waals surface area contributed by atoms with Crippen LogP contribution in [0.1, 0.15) is 25.3 Å². The molecule has 0 amide bonds. The maximum Gasteiger partial charge on any atom is 0.302 e. The number of piperidine rings is 1. The van der Waals surface area contributed by atoms with E-state index in [4.69, 9.17) is 4.74 Å². The fourth-order valence-corrected chi connectivity index (χ4v) is 2.33. The molecule has 1 aromatic rings. The van der Waals surface area contributed by atoms with Crippen LogP contribution in [-0.4, -0.2) is 30.1 Å². The van der Waals surface area contributed by atoms with E-state index < -0.39 is 0 Å². The number of ether oxygens (including phenoxy) is 1. The first-order valence-electron chi connectivity index (χ1n) is 6.17. The molecule has 1 saturated heterocycles. The summed E-state index contributed by atoms with van der Waals surface area (Å²) < 4.78 is 5.28. The molecule has 1 heterocycles. The van der Waals surface area contributed by atoms with E-state index >= 15 is 0 Å². The highest BCUT2D eigenvalue weighted by Gasteiger charge is 2.21. The quantitative estimate of drug-likeness (QED) is 0.790. The predicted octanol–water partition coefficient (Wildman–Crippen LogP) is 2.64. The lowest BCUT2D eigenvalue weighted by atomic mass is 10.1. The number of carbonyl (C=O) groups is 1. The number of nitrogens with zero attached hydrogens (tertiary/aromatic N) is 1. The molecule has 0 aromatic heterocycles. The molecule has 2 rings (SSSR count). The first kappa shape index (κ1) is 15.0. The third kappa shape index (κ3) is 4.67. The van der Waals surface area contributed by atoms with Crippen molar-refractivity contribution in [1.82, 2.24) is 4.90 Å². The third-order valence-electron chi connectivity index (χ3n) is 3.04. The summed E-state index contributed by atoms with van der Waals surface area (Å²) in [6.45, 7) is 4.37. The van der Waals surface area contributed by atoms with Crippen LogP contribution in [0, 0.1) is 0 Å². The minimum absolute atomic E-state index is 0. The zero-order chi connectivity index (χ0) is 12.1. The Morgan fingerprint density at radius 1 is 1.39 bits per heavy atom. The second-order valence-corrected chi connectivity index (χ2v) is 4.59. The minimum atomic E-state index is -0.170. The molecule has 0 aliphatic carbocycles. The second-order valence-electron chi connectivity index (χ2n) is 4.59. The molecule has 18 heavy (non-hydrogen) atoms. The molecule has 4 heteroatoms. The van der Waals surface area contributed by atoms with Crippen LogP contribution in [0.25, 0.3) is 0 Å². The molecular formula is C14H20ClNO2. The van der Waals surface area contributed by atoms with Gasteiger partial charge in [-0.15, -0.1) is 12.4 Å². The van der Waals surface area contributed by atoms with Gasteiger partial charge in [0.1, 0.15) is 6.10 Å². The molecule has 0 radical (unpaired) electrons. The molecular weight excluding hydrogens is 250 g/mol. The highest BCUT2D eigenvalue weighted by atomic mass is 35.5. The predicted molar refractivity (Wildman–Crippen MR) is 73.8 cm³/mol. The van der Waals surface area contributed by atoms with E-state index in [1.54, 1.807) is 0 Å². The highest BCUT2D eigenvalue weighted by Crippen LogP contribution is 2.16. The van der Waals surface area contributed by atoms with Crippen molar-refractivity contribution in [2.45, 2.75) is 32.4 Å². The number of hydrogen-bond donors (Lipinski definition) is 0. The van der Waals surface area contributed by atoms with Gasteiger partial charge in [-0.1, -0.05) is 30.3 Å². The van der Waals surface area contributed by atoms with Gasteiger partial charge in [-0.3, -0.25) is 9.69 Å². The number of likely N-dealkylation sites (tertiary alicyclic amines) is 1. The fraction of sp³-hybridized carbons (Fsp3) is 0.500. The summed E-state index contributed by atoms with van der Waals surface area (Å²) in [5.41, 5.74) is 1.32. The van der Waals surface area contributed by atoms with Crippen LogP contribution >= 0.6 is 12.4 Å². The van der Waals surface area contributed by atoms with E-state index in [2.05, 4.69) is 29.2 Å². The minimum Gasteiger partial charge on any atom is -0.461 e. The highest BCUT2D eigenvalue weighted by molar-refractivity contribution is 5.85. The molecule has 0 bridgehead atoms. The summed E-state index contributed by atoms with van der Waals surface area (Å²) in [6.07, 6.45) is 2.17. The van der Waals surface area contributed by atoms with Crippen LogP contribution in [0.5, 0.6) is 0 Å². The summed E-state index contributed by atoms with van der Waals surface area (Å²) in [6, 6.07) is 10.4. The van der Waals surface area contributed by atoms with Crippen LogP contribution < -0.4 is 0 Å². The maximum atomic E-state index is 10.9. The third-order valence-corrected chi connectivity index (χ3v) is 3.04. The summed E-state index contributed by atoms with van der Waals surface area (Å²) in [5.74, 6) is -0.170. The van der Waals surface area contributed by atoms with Crippen molar-refractivity contribution in [2.24, 2.45) is 0 Å². The monoisotopic (exact) mass is 269 g/mol. The largest absolute Gasteiger partial charge is 0.461 e. The Morgan fingerprint density at radius 3 is 2.78 bits per heavy atom. The standard InChI is InChI=1S/C14H19NO2.ClH/c1-12(16)17-14-8-5-9-15(11-14)10-13-6-3-2-4-7-13;/h2-4,6-7,14H,5,8-11H2,1H3;1H. The van der Waals surface area contributed by atoms with Crippen molar-refractivity contribution in [3.8, 4) is 0 Å². The van der Waals surface area contributed by atoms with Crippen molar-refractivity contribution in [3.63, 3.8) is 0 Å². The second kappa shape index (κ2) is 7.39. The Labute approximate surface area is 115 Å². The molecule has 1 aromatic carbocycles. The number of halogens is 1. The van der Waals surface area contributed by atoms with Crippen LogP contribution in [0.2, 0.25) is 0 Å². The Balaban J connectivity index is 0.00000162. The molecule has 1 unspecified atom stereocenters. The topological polar surface area (TPSA) is 29.5 Å². The fourth-order valence-electron chi connectivity index (χ4n) is 2.33. The van der Waals surface area contributed by atoms with E-state index in [9.17, 15) is 4.79 Å². The first-order valence-corrected chi connectivity index (χ1v) is 6.17. The molecule has 1 aliphatic heterocycles. The van der Waals surface area contributed by atoms with Gasteiger partial charge in [0, 0.05) is 20.0 Å². The van der Waals surface area contributed by atoms with E-state index in [1.165, 1.54) is 12.5 Å². The number of hydrogen-bond acceptors (Lipinski definition) is 3. The van der Waals surface area contributed by atoms with Crippen molar-refractivity contribution >= 4 is 18.4 Å². The molecule has 1 fully saturated rings. The lowest BCUT2D eigenvalue weighted by molar-refractivity contribution is -0.148. The Kier molecular flexibility index (Phi) is 6.16. The Morgan fingerprint density at radius 2 is 2.11 bits per heavy atom. The molecule has 1 aliphatic rings. The molecule has 100 valence electrons. The molecule has 3 nitrogen and oxygen atoms in total. The van der Waals surface area contributed by atoms with Crippen molar-refractivity contribution in [3.05, 3.63) is 35.9 Å². The summed E-state index contributed by atoms with van der Waals surface area (Å²) >= 11 is 0. The van der Waals surface area contributed by atoms with Gasteiger partial charge in [0.25, 0.3) is 0 Å². The lowest BCUT2D eigenvalue weighted by Crippen LogP contribution is -2.39. The number of esters is 1. The number of benzene rings is 1. The summed E-state index contributed by atoms with van der Waals surface area (Å²) in [7, 11) is 0. The number of rotatable bonds is 3. The molecule has 1 atom stereocenters. The Bertz CT molecular complexity index is 369. The molecule has 0 N–H and O–H groups in total. The van der Waals surface area contributed by atoms with Gasteiger partial charge in [0.05, 0.1) is 0 Å². The Hall–Kier alpha value is -1.06. The van der Waals surface area contributed by atoms with Crippen LogP contribution in [-0.2, 0) is 16.1 Å².